The summed E-state index contributed by atoms with van der Waals surface area (Å²) in [5, 5.41) is 0. The van der Waals surface area contributed by atoms with Crippen LogP contribution in [0.25, 0.3) is 0 Å². The van der Waals surface area contributed by atoms with E-state index >= 15 is 0 Å². The standard InChI is InChI=1S/C12H26O4S.Al/c1-2-3-4-5-6-7-8-9-10-11-12-16-17(13,14)15;/h2-12H2,1H3,(H,13,14,15);. The lowest BCUT2D eigenvalue weighted by Crippen LogP contribution is -2.04. The molecule has 0 amide bonds. The fourth-order valence-corrected chi connectivity index (χ4v) is 2.08. The van der Waals surface area contributed by atoms with Crippen LogP contribution in [0.15, 0.2) is 0 Å². The van der Waals surface area contributed by atoms with Crippen molar-refractivity contribution in [2.45, 2.75) is 71.1 Å². The monoisotopic (exact) mass is 293 g/mol. The SMILES string of the molecule is CCCCCCCCCCCCOS(=O)(=O)O.[Al]. The molecule has 0 heterocycles. The zero-order valence-corrected chi connectivity index (χ0v) is 13.4. The van der Waals surface area contributed by atoms with Crippen LogP contribution in [0.5, 0.6) is 0 Å². The fourth-order valence-electron chi connectivity index (χ4n) is 1.75. The number of unbranched alkanes of at least 4 members (excludes halogenated alkanes) is 9. The van der Waals surface area contributed by atoms with Gasteiger partial charge in [-0.15, -0.1) is 0 Å². The largest absolute Gasteiger partial charge is 0.397 e. The first-order valence-electron chi connectivity index (χ1n) is 6.68. The van der Waals surface area contributed by atoms with Gasteiger partial charge in [0.25, 0.3) is 0 Å². The molecule has 0 aliphatic carbocycles. The van der Waals surface area contributed by atoms with Gasteiger partial charge in [0, 0.05) is 17.4 Å². The van der Waals surface area contributed by atoms with Crippen molar-refractivity contribution in [2.75, 3.05) is 6.61 Å². The summed E-state index contributed by atoms with van der Waals surface area (Å²) >= 11 is 0. The van der Waals surface area contributed by atoms with Gasteiger partial charge in [-0.3, -0.25) is 4.55 Å². The molecule has 0 aromatic heterocycles. The fraction of sp³-hybridized carbons (Fsp3) is 1.00. The number of hydrogen-bond acceptors (Lipinski definition) is 3. The Labute approximate surface area is 123 Å². The van der Waals surface area contributed by atoms with Crippen LogP contribution in [0.2, 0.25) is 0 Å². The average Bonchev–Trinajstić information content (AvgIpc) is 2.24. The molecular formula is C12H26AlO4S. The molecule has 0 saturated heterocycles. The van der Waals surface area contributed by atoms with Crippen molar-refractivity contribution in [1.82, 2.24) is 0 Å². The van der Waals surface area contributed by atoms with Gasteiger partial charge in [-0.05, 0) is 6.42 Å². The Balaban J connectivity index is 0. The molecule has 0 spiro atoms. The Morgan fingerprint density at radius 3 is 1.61 bits per heavy atom. The van der Waals surface area contributed by atoms with Crippen molar-refractivity contribution in [3.63, 3.8) is 0 Å². The van der Waals surface area contributed by atoms with Crippen LogP contribution in [-0.2, 0) is 14.6 Å². The highest BCUT2D eigenvalue weighted by Crippen LogP contribution is 2.10. The highest BCUT2D eigenvalue weighted by atomic mass is 32.3. The maximum Gasteiger partial charge on any atom is 0.397 e. The summed E-state index contributed by atoms with van der Waals surface area (Å²) < 4.78 is 33.0. The van der Waals surface area contributed by atoms with E-state index in [9.17, 15) is 8.42 Å². The summed E-state index contributed by atoms with van der Waals surface area (Å²) in [5.41, 5.74) is 0. The first-order valence-corrected chi connectivity index (χ1v) is 8.04. The van der Waals surface area contributed by atoms with E-state index in [0.29, 0.717) is 6.42 Å². The summed E-state index contributed by atoms with van der Waals surface area (Å²) in [6.07, 6.45) is 11.9. The Morgan fingerprint density at radius 2 is 1.22 bits per heavy atom. The van der Waals surface area contributed by atoms with Crippen molar-refractivity contribution >= 4 is 27.8 Å². The zero-order valence-electron chi connectivity index (χ0n) is 11.4. The molecule has 0 bridgehead atoms. The minimum atomic E-state index is -4.23. The highest BCUT2D eigenvalue weighted by Gasteiger charge is 2.02. The van der Waals surface area contributed by atoms with Crippen LogP contribution in [0.4, 0.5) is 0 Å². The summed E-state index contributed by atoms with van der Waals surface area (Å²) in [4.78, 5) is 0. The number of rotatable bonds is 12. The van der Waals surface area contributed by atoms with Gasteiger partial charge in [-0.2, -0.15) is 8.42 Å². The molecule has 1 N–H and O–H groups in total. The smallest absolute Gasteiger partial charge is 0.264 e. The molecular weight excluding hydrogens is 267 g/mol. The van der Waals surface area contributed by atoms with E-state index in [1.54, 1.807) is 0 Å². The van der Waals surface area contributed by atoms with Crippen LogP contribution in [-0.4, -0.2) is 36.9 Å². The van der Waals surface area contributed by atoms with Gasteiger partial charge in [0.2, 0.25) is 0 Å². The molecule has 0 aliphatic heterocycles. The van der Waals surface area contributed by atoms with Crippen LogP contribution in [0, 0.1) is 0 Å². The Kier molecular flexibility index (Phi) is 15.9. The van der Waals surface area contributed by atoms with Gasteiger partial charge in [-0.25, -0.2) is 4.18 Å². The van der Waals surface area contributed by atoms with Gasteiger partial charge in [0.05, 0.1) is 6.61 Å². The first-order chi connectivity index (χ1) is 8.06. The Hall–Kier alpha value is 0.402. The third-order valence-electron chi connectivity index (χ3n) is 2.73. The summed E-state index contributed by atoms with van der Waals surface area (Å²) in [6, 6.07) is 0. The molecule has 0 rings (SSSR count). The lowest BCUT2D eigenvalue weighted by atomic mass is 10.1. The third kappa shape index (κ3) is 18.8. The second-order valence-electron chi connectivity index (χ2n) is 4.43. The van der Waals surface area contributed by atoms with E-state index in [-0.39, 0.29) is 24.0 Å². The normalized spacial score (nSPS) is 11.2. The van der Waals surface area contributed by atoms with E-state index in [1.807, 2.05) is 0 Å². The maximum absolute atomic E-state index is 10.2. The molecule has 0 fully saturated rings. The van der Waals surface area contributed by atoms with E-state index in [4.69, 9.17) is 4.55 Å². The number of hydrogen-bond donors (Lipinski definition) is 1. The van der Waals surface area contributed by atoms with Crippen molar-refractivity contribution in [3.8, 4) is 0 Å². The van der Waals surface area contributed by atoms with Crippen molar-refractivity contribution in [1.29, 1.82) is 0 Å². The molecule has 0 aromatic carbocycles. The minimum absolute atomic E-state index is 0. The molecule has 0 unspecified atom stereocenters. The van der Waals surface area contributed by atoms with Gasteiger partial charge >= 0.3 is 10.4 Å². The molecule has 0 saturated carbocycles. The van der Waals surface area contributed by atoms with Gasteiger partial charge < -0.3 is 0 Å². The summed E-state index contributed by atoms with van der Waals surface area (Å²) in [7, 11) is -4.23. The van der Waals surface area contributed by atoms with E-state index < -0.39 is 10.4 Å². The van der Waals surface area contributed by atoms with Crippen LogP contribution < -0.4 is 0 Å². The first kappa shape index (κ1) is 20.7. The van der Waals surface area contributed by atoms with Crippen LogP contribution in [0.3, 0.4) is 0 Å². The molecule has 0 aromatic rings. The molecule has 0 atom stereocenters. The Bertz CT molecular complexity index is 255. The van der Waals surface area contributed by atoms with E-state index in [2.05, 4.69) is 11.1 Å². The molecule has 18 heavy (non-hydrogen) atoms. The predicted octanol–water partition coefficient (Wildman–Crippen LogP) is 3.35. The zero-order chi connectivity index (χ0) is 13.0. The quantitative estimate of drug-likeness (QED) is 0.340. The molecule has 107 valence electrons. The van der Waals surface area contributed by atoms with Crippen LogP contribution in [0.1, 0.15) is 71.1 Å². The maximum atomic E-state index is 10.2. The molecule has 0 aliphatic rings. The van der Waals surface area contributed by atoms with Gasteiger partial charge in [0.1, 0.15) is 0 Å². The van der Waals surface area contributed by atoms with Gasteiger partial charge in [0.15, 0.2) is 0 Å². The van der Waals surface area contributed by atoms with Crippen molar-refractivity contribution in [2.24, 2.45) is 0 Å². The lowest BCUT2D eigenvalue weighted by Gasteiger charge is -2.02. The lowest BCUT2D eigenvalue weighted by molar-refractivity contribution is 0.261. The molecule has 4 nitrogen and oxygen atoms in total. The topological polar surface area (TPSA) is 63.6 Å². The summed E-state index contributed by atoms with van der Waals surface area (Å²) in [5.74, 6) is 0. The van der Waals surface area contributed by atoms with Crippen molar-refractivity contribution < 1.29 is 17.2 Å². The van der Waals surface area contributed by atoms with Crippen molar-refractivity contribution in [3.05, 3.63) is 0 Å². The van der Waals surface area contributed by atoms with Gasteiger partial charge in [-0.1, -0.05) is 64.7 Å². The van der Waals surface area contributed by atoms with E-state index in [1.165, 1.54) is 44.9 Å². The summed E-state index contributed by atoms with van der Waals surface area (Å²) in [6.45, 7) is 2.31. The molecule has 3 radical (unpaired) electrons. The van der Waals surface area contributed by atoms with E-state index in [0.717, 1.165) is 12.8 Å². The predicted molar refractivity (Wildman–Crippen MR) is 75.1 cm³/mol. The second kappa shape index (κ2) is 13.8. The molecule has 6 heteroatoms. The third-order valence-corrected chi connectivity index (χ3v) is 3.19. The minimum Gasteiger partial charge on any atom is -0.264 e. The Morgan fingerprint density at radius 1 is 0.833 bits per heavy atom. The van der Waals surface area contributed by atoms with Crippen LogP contribution >= 0.6 is 0 Å². The average molecular weight is 293 g/mol. The highest BCUT2D eigenvalue weighted by molar-refractivity contribution is 7.80. The second-order valence-corrected chi connectivity index (χ2v) is 5.52.